The maximum atomic E-state index is 14.1. The minimum Gasteiger partial charge on any atom is -0.493 e. The van der Waals surface area contributed by atoms with Gasteiger partial charge in [0.1, 0.15) is 6.04 Å². The molecule has 8 heteroatoms. The van der Waals surface area contributed by atoms with Crippen molar-refractivity contribution < 1.29 is 28.2 Å². The predicted octanol–water partition coefficient (Wildman–Crippen LogP) is 5.37. The lowest BCUT2D eigenvalue weighted by molar-refractivity contribution is -0.123. The van der Waals surface area contributed by atoms with Gasteiger partial charge in [-0.15, -0.1) is 0 Å². The van der Waals surface area contributed by atoms with Gasteiger partial charge in [-0.05, 0) is 68.1 Å². The monoisotopic (exact) mass is 506 g/mol. The van der Waals surface area contributed by atoms with Crippen LogP contribution in [-0.4, -0.2) is 39.2 Å². The van der Waals surface area contributed by atoms with Crippen LogP contribution in [0.25, 0.3) is 0 Å². The summed E-state index contributed by atoms with van der Waals surface area (Å²) in [6.07, 6.45) is 5.38. The van der Waals surface area contributed by atoms with Gasteiger partial charge >= 0.3 is 0 Å². The number of methoxy groups -OCH3 is 3. The van der Waals surface area contributed by atoms with Crippen molar-refractivity contribution in [1.29, 1.82) is 0 Å². The molecule has 1 fully saturated rings. The van der Waals surface area contributed by atoms with Crippen molar-refractivity contribution in [2.45, 2.75) is 51.6 Å². The van der Waals surface area contributed by atoms with Crippen molar-refractivity contribution in [3.05, 3.63) is 71.2 Å². The van der Waals surface area contributed by atoms with Crippen LogP contribution in [0.5, 0.6) is 17.2 Å². The van der Waals surface area contributed by atoms with Crippen molar-refractivity contribution in [1.82, 2.24) is 5.32 Å². The van der Waals surface area contributed by atoms with Crippen LogP contribution in [0, 0.1) is 13.8 Å². The Kier molecular flexibility index (Phi) is 8.06. The Balaban J connectivity index is 1.93. The number of rotatable bonds is 9. The molecule has 0 spiro atoms. The van der Waals surface area contributed by atoms with Gasteiger partial charge in [0.15, 0.2) is 17.3 Å². The zero-order chi connectivity index (χ0) is 26.5. The number of benzene rings is 2. The molecule has 37 heavy (non-hydrogen) atoms. The first-order valence-corrected chi connectivity index (χ1v) is 12.4. The maximum Gasteiger partial charge on any atom is 0.294 e. The van der Waals surface area contributed by atoms with Gasteiger partial charge in [0.25, 0.3) is 5.91 Å². The lowest BCUT2D eigenvalue weighted by Crippen LogP contribution is -2.46. The molecule has 0 saturated heterocycles. The molecule has 4 rings (SSSR count). The fraction of sp³-hybridized carbons (Fsp3) is 0.379. The van der Waals surface area contributed by atoms with Gasteiger partial charge < -0.3 is 23.9 Å². The molecule has 0 unspecified atom stereocenters. The summed E-state index contributed by atoms with van der Waals surface area (Å²) in [4.78, 5) is 29.6. The summed E-state index contributed by atoms with van der Waals surface area (Å²) in [6, 6.07) is 11.5. The number of nitrogens with one attached hydrogen (secondary N) is 1. The highest BCUT2D eigenvalue weighted by atomic mass is 16.5. The number of aryl methyl sites for hydroxylation is 2. The summed E-state index contributed by atoms with van der Waals surface area (Å²) >= 11 is 0. The van der Waals surface area contributed by atoms with Crippen LogP contribution in [0.4, 0.5) is 5.69 Å². The Morgan fingerprint density at radius 3 is 2.19 bits per heavy atom. The summed E-state index contributed by atoms with van der Waals surface area (Å²) in [5.41, 5.74) is 3.02. The molecule has 1 N–H and O–H groups in total. The van der Waals surface area contributed by atoms with Gasteiger partial charge in [0.05, 0.1) is 27.6 Å². The second kappa shape index (κ2) is 11.4. The average Bonchev–Trinajstić information content (AvgIpc) is 3.61. The molecular formula is C29H34N2O6. The van der Waals surface area contributed by atoms with E-state index in [9.17, 15) is 9.59 Å². The van der Waals surface area contributed by atoms with E-state index < -0.39 is 11.9 Å². The fourth-order valence-corrected chi connectivity index (χ4v) is 4.99. The van der Waals surface area contributed by atoms with E-state index >= 15 is 0 Å². The summed E-state index contributed by atoms with van der Waals surface area (Å²) in [7, 11) is 4.56. The summed E-state index contributed by atoms with van der Waals surface area (Å²) in [5.74, 6) is 0.589. The number of nitrogens with zero attached hydrogens (tertiary/aromatic N) is 1. The van der Waals surface area contributed by atoms with Gasteiger partial charge in [-0.2, -0.15) is 0 Å². The molecule has 1 aromatic heterocycles. The molecule has 3 aromatic rings. The summed E-state index contributed by atoms with van der Waals surface area (Å²) < 4.78 is 22.2. The maximum absolute atomic E-state index is 14.1. The van der Waals surface area contributed by atoms with E-state index in [4.69, 9.17) is 18.6 Å². The fourth-order valence-electron chi connectivity index (χ4n) is 4.99. The third-order valence-electron chi connectivity index (χ3n) is 6.77. The first-order chi connectivity index (χ1) is 17.9. The minimum atomic E-state index is -1.03. The lowest BCUT2D eigenvalue weighted by atomic mass is 9.99. The standard InChI is InChI=1S/C29H34N2O6/c1-18-12-13-22(19(2)15-18)31(29(33)23-11-8-14-37-23)26(28(32)30-21-9-6-7-10-21)20-16-24(34-3)27(36-5)25(17-20)35-4/h8,11-17,21,26H,6-7,9-10H2,1-5H3,(H,30,32)/t26-/m1/s1. The van der Waals surface area contributed by atoms with E-state index in [0.717, 1.165) is 36.8 Å². The Labute approximate surface area is 217 Å². The molecule has 2 aromatic carbocycles. The van der Waals surface area contributed by atoms with Crippen molar-refractivity contribution in [3.8, 4) is 17.2 Å². The van der Waals surface area contributed by atoms with Gasteiger partial charge in [0.2, 0.25) is 11.7 Å². The number of carbonyl (C=O) groups is 2. The highest BCUT2D eigenvalue weighted by Crippen LogP contribution is 2.42. The van der Waals surface area contributed by atoms with Crippen molar-refractivity contribution >= 4 is 17.5 Å². The molecule has 0 radical (unpaired) electrons. The van der Waals surface area contributed by atoms with E-state index in [1.54, 1.807) is 24.3 Å². The first-order valence-electron chi connectivity index (χ1n) is 12.4. The zero-order valence-electron chi connectivity index (χ0n) is 22.0. The van der Waals surface area contributed by atoms with E-state index in [0.29, 0.717) is 28.5 Å². The molecule has 2 amide bonds. The number of furan rings is 1. The van der Waals surface area contributed by atoms with Gasteiger partial charge in [0, 0.05) is 11.7 Å². The minimum absolute atomic E-state index is 0.0525. The Morgan fingerprint density at radius 2 is 1.65 bits per heavy atom. The number of carbonyl (C=O) groups excluding carboxylic acids is 2. The molecule has 1 aliphatic rings. The first kappa shape index (κ1) is 26.1. The van der Waals surface area contributed by atoms with Crippen LogP contribution in [0.2, 0.25) is 0 Å². The Morgan fingerprint density at radius 1 is 0.973 bits per heavy atom. The largest absolute Gasteiger partial charge is 0.493 e. The van der Waals surface area contributed by atoms with Crippen molar-refractivity contribution in [3.63, 3.8) is 0 Å². The number of anilines is 1. The van der Waals surface area contributed by atoms with E-state index in [2.05, 4.69) is 5.32 Å². The van der Waals surface area contributed by atoms with Crippen molar-refractivity contribution in [2.75, 3.05) is 26.2 Å². The van der Waals surface area contributed by atoms with Gasteiger partial charge in [-0.3, -0.25) is 14.5 Å². The molecule has 0 bridgehead atoms. The highest BCUT2D eigenvalue weighted by molar-refractivity contribution is 6.09. The molecule has 8 nitrogen and oxygen atoms in total. The smallest absolute Gasteiger partial charge is 0.294 e. The predicted molar refractivity (Wildman–Crippen MR) is 141 cm³/mol. The third kappa shape index (κ3) is 5.43. The normalized spacial score (nSPS) is 14.2. The van der Waals surface area contributed by atoms with Crippen LogP contribution in [-0.2, 0) is 4.79 Å². The molecule has 1 heterocycles. The van der Waals surface area contributed by atoms with E-state index in [-0.39, 0.29) is 17.7 Å². The molecular weight excluding hydrogens is 472 g/mol. The van der Waals surface area contributed by atoms with Crippen LogP contribution < -0.4 is 24.4 Å². The zero-order valence-corrected chi connectivity index (χ0v) is 22.0. The van der Waals surface area contributed by atoms with Gasteiger partial charge in [-0.1, -0.05) is 30.5 Å². The van der Waals surface area contributed by atoms with Crippen molar-refractivity contribution in [2.24, 2.45) is 0 Å². The second-order valence-corrected chi connectivity index (χ2v) is 9.29. The number of ether oxygens (including phenoxy) is 3. The molecule has 1 atom stereocenters. The second-order valence-electron chi connectivity index (χ2n) is 9.29. The van der Waals surface area contributed by atoms with Crippen LogP contribution in [0.15, 0.2) is 53.1 Å². The average molecular weight is 507 g/mol. The SMILES string of the molecule is COc1cc([C@H](C(=O)NC2CCCC2)N(C(=O)c2ccco2)c2ccc(C)cc2C)cc(OC)c1OC. The van der Waals surface area contributed by atoms with E-state index in [1.165, 1.54) is 32.5 Å². The van der Waals surface area contributed by atoms with E-state index in [1.807, 2.05) is 32.0 Å². The Bertz CT molecular complexity index is 1220. The topological polar surface area (TPSA) is 90.2 Å². The quantitative estimate of drug-likeness (QED) is 0.420. The Hall–Kier alpha value is -3.94. The van der Waals surface area contributed by atoms with Gasteiger partial charge in [-0.25, -0.2) is 0 Å². The van der Waals surface area contributed by atoms with Crippen LogP contribution in [0.1, 0.15) is 59.0 Å². The van der Waals surface area contributed by atoms with Crippen LogP contribution >= 0.6 is 0 Å². The summed E-state index contributed by atoms with van der Waals surface area (Å²) in [6.45, 7) is 3.91. The molecule has 0 aliphatic heterocycles. The highest BCUT2D eigenvalue weighted by Gasteiger charge is 2.37. The molecule has 196 valence electrons. The number of amides is 2. The van der Waals surface area contributed by atoms with Crippen LogP contribution in [0.3, 0.4) is 0 Å². The third-order valence-corrected chi connectivity index (χ3v) is 6.77. The summed E-state index contributed by atoms with van der Waals surface area (Å²) in [5, 5.41) is 3.19. The molecule has 1 aliphatic carbocycles. The number of hydrogen-bond acceptors (Lipinski definition) is 6. The molecule has 1 saturated carbocycles. The lowest BCUT2D eigenvalue weighted by Gasteiger charge is -2.33. The number of hydrogen-bond donors (Lipinski definition) is 1.